The van der Waals surface area contributed by atoms with Gasteiger partial charge in [-0.3, -0.25) is 4.79 Å². The number of carbonyl (C=O) groups is 2. The lowest BCUT2D eigenvalue weighted by atomic mass is 10.1. The number of carbonyl (C=O) groups excluding carboxylic acids is 1. The van der Waals surface area contributed by atoms with Crippen LogP contribution in [0.25, 0.3) is 0 Å². The second-order valence-corrected chi connectivity index (χ2v) is 4.39. The molecule has 94 valence electrons. The molecule has 1 heterocycles. The van der Waals surface area contributed by atoms with Gasteiger partial charge in [-0.1, -0.05) is 19.8 Å². The lowest BCUT2D eigenvalue weighted by Crippen LogP contribution is -2.40. The summed E-state index contributed by atoms with van der Waals surface area (Å²) in [4.78, 5) is 22.6. The summed E-state index contributed by atoms with van der Waals surface area (Å²) in [5, 5.41) is 11.4. The molecule has 0 aromatic carbocycles. The topological polar surface area (TPSA) is 79.5 Å². The van der Waals surface area contributed by atoms with Gasteiger partial charge in [0.15, 0.2) is 10.4 Å². The molecule has 17 heavy (non-hydrogen) atoms. The number of carboxylic acids is 1. The minimum atomic E-state index is -1.03. The standard InChI is InChI=1S/C11H14BrNO4/c1-2-3-4-7(11(15)16)13-10(14)8-5-6-9(12)17-8/h5-7H,2-4H2,1H3,(H,13,14)(H,15,16). The number of halogens is 1. The van der Waals surface area contributed by atoms with Crippen LogP contribution >= 0.6 is 15.9 Å². The Kier molecular flexibility index (Phi) is 5.21. The van der Waals surface area contributed by atoms with Crippen LogP contribution in [0.15, 0.2) is 21.2 Å². The maximum atomic E-state index is 11.6. The van der Waals surface area contributed by atoms with Crippen LogP contribution in [0.1, 0.15) is 36.7 Å². The highest BCUT2D eigenvalue weighted by Gasteiger charge is 2.21. The van der Waals surface area contributed by atoms with Gasteiger partial charge in [0.2, 0.25) is 0 Å². The van der Waals surface area contributed by atoms with Crippen LogP contribution in [-0.2, 0) is 4.79 Å². The van der Waals surface area contributed by atoms with Crippen molar-refractivity contribution >= 4 is 27.8 Å². The monoisotopic (exact) mass is 303 g/mol. The highest BCUT2D eigenvalue weighted by atomic mass is 79.9. The predicted octanol–water partition coefficient (Wildman–Crippen LogP) is 2.42. The third kappa shape index (κ3) is 4.22. The molecule has 1 rings (SSSR count). The third-order valence-electron chi connectivity index (χ3n) is 2.25. The van der Waals surface area contributed by atoms with Crippen LogP contribution in [0.2, 0.25) is 0 Å². The summed E-state index contributed by atoms with van der Waals surface area (Å²) in [7, 11) is 0. The first kappa shape index (κ1) is 13.8. The molecule has 0 saturated heterocycles. The SMILES string of the molecule is CCCCC(NC(=O)c1ccc(Br)o1)C(=O)O. The Morgan fingerprint density at radius 1 is 1.53 bits per heavy atom. The van der Waals surface area contributed by atoms with Crippen molar-refractivity contribution in [1.82, 2.24) is 5.32 Å². The number of unbranched alkanes of at least 4 members (excludes halogenated alkanes) is 1. The van der Waals surface area contributed by atoms with Gasteiger partial charge in [0, 0.05) is 0 Å². The first-order valence-corrected chi connectivity index (χ1v) is 6.13. The van der Waals surface area contributed by atoms with E-state index in [1.165, 1.54) is 6.07 Å². The van der Waals surface area contributed by atoms with E-state index in [9.17, 15) is 9.59 Å². The smallest absolute Gasteiger partial charge is 0.326 e. The van der Waals surface area contributed by atoms with E-state index in [1.807, 2.05) is 6.92 Å². The van der Waals surface area contributed by atoms with Crippen molar-refractivity contribution < 1.29 is 19.1 Å². The minimum Gasteiger partial charge on any atom is -0.480 e. The molecule has 0 fully saturated rings. The highest BCUT2D eigenvalue weighted by molar-refractivity contribution is 9.10. The van der Waals surface area contributed by atoms with Crippen molar-refractivity contribution in [2.24, 2.45) is 0 Å². The first-order chi connectivity index (χ1) is 8.04. The number of rotatable bonds is 6. The summed E-state index contributed by atoms with van der Waals surface area (Å²) < 4.78 is 5.48. The number of amides is 1. The van der Waals surface area contributed by atoms with Gasteiger partial charge in [0.05, 0.1) is 0 Å². The van der Waals surface area contributed by atoms with Gasteiger partial charge in [0.25, 0.3) is 5.91 Å². The Bertz CT molecular complexity index is 402. The normalized spacial score (nSPS) is 12.1. The van der Waals surface area contributed by atoms with Crippen molar-refractivity contribution in [2.75, 3.05) is 0 Å². The Hall–Kier alpha value is -1.30. The van der Waals surface area contributed by atoms with Crippen LogP contribution in [-0.4, -0.2) is 23.0 Å². The second-order valence-electron chi connectivity index (χ2n) is 3.61. The molecule has 0 saturated carbocycles. The molecule has 0 spiro atoms. The quantitative estimate of drug-likeness (QED) is 0.846. The summed E-state index contributed by atoms with van der Waals surface area (Å²) in [6, 6.07) is 2.20. The van der Waals surface area contributed by atoms with Crippen molar-refractivity contribution in [1.29, 1.82) is 0 Å². The van der Waals surface area contributed by atoms with Gasteiger partial charge in [-0.05, 0) is 34.5 Å². The number of furan rings is 1. The van der Waals surface area contributed by atoms with Gasteiger partial charge < -0.3 is 14.8 Å². The van der Waals surface area contributed by atoms with Crippen molar-refractivity contribution in [2.45, 2.75) is 32.2 Å². The van der Waals surface area contributed by atoms with E-state index < -0.39 is 17.9 Å². The molecule has 0 aliphatic rings. The van der Waals surface area contributed by atoms with Gasteiger partial charge in [-0.15, -0.1) is 0 Å². The molecule has 1 atom stereocenters. The van der Waals surface area contributed by atoms with Gasteiger partial charge >= 0.3 is 5.97 Å². The molecule has 6 heteroatoms. The zero-order chi connectivity index (χ0) is 12.8. The maximum Gasteiger partial charge on any atom is 0.326 e. The zero-order valence-corrected chi connectivity index (χ0v) is 11.0. The number of carboxylic acid groups (broad SMARTS) is 1. The van der Waals surface area contributed by atoms with E-state index in [-0.39, 0.29) is 5.76 Å². The van der Waals surface area contributed by atoms with Crippen molar-refractivity contribution in [3.8, 4) is 0 Å². The summed E-state index contributed by atoms with van der Waals surface area (Å²) in [5.74, 6) is -1.45. The molecule has 1 amide bonds. The molecular weight excluding hydrogens is 290 g/mol. The minimum absolute atomic E-state index is 0.0969. The lowest BCUT2D eigenvalue weighted by Gasteiger charge is -2.12. The van der Waals surface area contributed by atoms with E-state index in [0.717, 1.165) is 12.8 Å². The van der Waals surface area contributed by atoms with Gasteiger partial charge in [0.1, 0.15) is 6.04 Å². The Morgan fingerprint density at radius 2 is 2.24 bits per heavy atom. The van der Waals surface area contributed by atoms with E-state index in [4.69, 9.17) is 9.52 Å². The zero-order valence-electron chi connectivity index (χ0n) is 9.40. The van der Waals surface area contributed by atoms with E-state index in [0.29, 0.717) is 11.1 Å². The summed E-state index contributed by atoms with van der Waals surface area (Å²) >= 11 is 3.07. The fraction of sp³-hybridized carbons (Fsp3) is 0.455. The molecule has 1 unspecified atom stereocenters. The molecule has 1 aromatic rings. The van der Waals surface area contributed by atoms with Crippen LogP contribution < -0.4 is 5.32 Å². The summed E-state index contributed by atoms with van der Waals surface area (Å²) in [6.07, 6.45) is 2.05. The lowest BCUT2D eigenvalue weighted by molar-refractivity contribution is -0.139. The number of nitrogens with one attached hydrogen (secondary N) is 1. The molecule has 0 bridgehead atoms. The van der Waals surface area contributed by atoms with Gasteiger partial charge in [-0.2, -0.15) is 0 Å². The third-order valence-corrected chi connectivity index (χ3v) is 2.67. The Morgan fingerprint density at radius 3 is 2.71 bits per heavy atom. The first-order valence-electron chi connectivity index (χ1n) is 5.33. The van der Waals surface area contributed by atoms with E-state index in [1.54, 1.807) is 6.07 Å². The van der Waals surface area contributed by atoms with Crippen LogP contribution in [0.3, 0.4) is 0 Å². The number of hydrogen-bond donors (Lipinski definition) is 2. The Balaban J connectivity index is 2.60. The van der Waals surface area contributed by atoms with Crippen molar-refractivity contribution in [3.05, 3.63) is 22.6 Å². The number of hydrogen-bond acceptors (Lipinski definition) is 3. The highest BCUT2D eigenvalue weighted by Crippen LogP contribution is 2.14. The van der Waals surface area contributed by atoms with Crippen LogP contribution in [0.4, 0.5) is 0 Å². The fourth-order valence-electron chi connectivity index (χ4n) is 1.33. The Labute approximate surface area is 107 Å². The summed E-state index contributed by atoms with van der Waals surface area (Å²) in [6.45, 7) is 1.96. The predicted molar refractivity (Wildman–Crippen MR) is 64.8 cm³/mol. The van der Waals surface area contributed by atoms with E-state index >= 15 is 0 Å². The van der Waals surface area contributed by atoms with E-state index in [2.05, 4.69) is 21.2 Å². The molecule has 2 N–H and O–H groups in total. The molecule has 1 aromatic heterocycles. The molecular formula is C11H14BrNO4. The molecule has 0 aliphatic carbocycles. The van der Waals surface area contributed by atoms with Gasteiger partial charge in [-0.25, -0.2) is 4.79 Å². The van der Waals surface area contributed by atoms with Crippen LogP contribution in [0, 0.1) is 0 Å². The number of aliphatic carboxylic acids is 1. The average Bonchev–Trinajstić information content (AvgIpc) is 2.70. The molecule has 0 aliphatic heterocycles. The maximum absolute atomic E-state index is 11.6. The average molecular weight is 304 g/mol. The largest absolute Gasteiger partial charge is 0.480 e. The van der Waals surface area contributed by atoms with Crippen molar-refractivity contribution in [3.63, 3.8) is 0 Å². The summed E-state index contributed by atoms with van der Waals surface area (Å²) in [5.41, 5.74) is 0. The second kappa shape index (κ2) is 6.44. The fourth-order valence-corrected chi connectivity index (χ4v) is 1.64. The molecule has 5 nitrogen and oxygen atoms in total. The van der Waals surface area contributed by atoms with Crippen LogP contribution in [0.5, 0.6) is 0 Å². The molecule has 0 radical (unpaired) electrons.